The van der Waals surface area contributed by atoms with E-state index in [-0.39, 0.29) is 15.7 Å². The first-order chi connectivity index (χ1) is 9.38. The van der Waals surface area contributed by atoms with Crippen molar-refractivity contribution in [3.63, 3.8) is 0 Å². The zero-order chi connectivity index (χ0) is 14.8. The molecule has 0 fully saturated rings. The van der Waals surface area contributed by atoms with E-state index >= 15 is 0 Å². The van der Waals surface area contributed by atoms with E-state index in [1.165, 1.54) is 6.07 Å². The smallest absolute Gasteiger partial charge is 0.250 e. The highest BCUT2D eigenvalue weighted by Crippen LogP contribution is 2.21. The molecule has 20 heavy (non-hydrogen) atoms. The van der Waals surface area contributed by atoms with Gasteiger partial charge in [-0.05, 0) is 19.1 Å². The van der Waals surface area contributed by atoms with Crippen LogP contribution in [0.4, 0.5) is 0 Å². The molecule has 0 unspecified atom stereocenters. The van der Waals surface area contributed by atoms with E-state index in [1.54, 1.807) is 13.0 Å². The van der Waals surface area contributed by atoms with Crippen molar-refractivity contribution in [1.82, 2.24) is 14.9 Å². The summed E-state index contributed by atoms with van der Waals surface area (Å²) in [5.41, 5.74) is 5.45. The number of hydrogen-bond donors (Lipinski definition) is 2. The Morgan fingerprint density at radius 2 is 2.30 bits per heavy atom. The minimum absolute atomic E-state index is 0.169. The second-order valence-corrected chi connectivity index (χ2v) is 7.38. The molecular weight excluding hydrogens is 320 g/mol. The molecule has 108 valence electrons. The third-order valence-corrected chi connectivity index (χ3v) is 5.71. The molecule has 10 heteroatoms. The fourth-order valence-corrected chi connectivity index (χ4v) is 3.83. The van der Waals surface area contributed by atoms with Crippen LogP contribution < -0.4 is 10.5 Å². The maximum Gasteiger partial charge on any atom is 0.250 e. The third-order valence-electron chi connectivity index (χ3n) is 2.29. The van der Waals surface area contributed by atoms with Crippen LogP contribution in [0.3, 0.4) is 0 Å². The lowest BCUT2D eigenvalue weighted by Gasteiger charge is -2.02. The molecule has 0 bridgehead atoms. The van der Waals surface area contributed by atoms with Crippen LogP contribution in [-0.2, 0) is 16.4 Å². The van der Waals surface area contributed by atoms with E-state index in [4.69, 9.17) is 22.5 Å². The van der Waals surface area contributed by atoms with Gasteiger partial charge in [-0.15, -0.1) is 11.3 Å². The van der Waals surface area contributed by atoms with Gasteiger partial charge in [0.1, 0.15) is 9.20 Å². The van der Waals surface area contributed by atoms with Crippen LogP contribution in [0, 0.1) is 6.92 Å². The van der Waals surface area contributed by atoms with Crippen LogP contribution in [0.1, 0.15) is 16.6 Å². The lowest BCUT2D eigenvalue weighted by atomic mass is 10.4. The normalized spacial score (nSPS) is 11.7. The molecule has 0 atom stereocenters. The average molecular weight is 332 g/mol. The fourth-order valence-electron chi connectivity index (χ4n) is 1.40. The number of thiophene rings is 1. The summed E-state index contributed by atoms with van der Waals surface area (Å²) in [6, 6.07) is 3.06. The average Bonchev–Trinajstić information content (AvgIpc) is 2.98. The van der Waals surface area contributed by atoms with Crippen molar-refractivity contribution in [2.45, 2.75) is 17.6 Å². The second kappa shape index (κ2) is 5.95. The minimum Gasteiger partial charge on any atom is -0.389 e. The van der Waals surface area contributed by atoms with Crippen molar-refractivity contribution in [2.75, 3.05) is 6.54 Å². The molecule has 2 aromatic rings. The molecule has 0 aliphatic carbocycles. The van der Waals surface area contributed by atoms with Crippen LogP contribution in [0.2, 0.25) is 0 Å². The molecule has 0 aliphatic rings. The van der Waals surface area contributed by atoms with Gasteiger partial charge in [0.25, 0.3) is 0 Å². The second-order valence-electron chi connectivity index (χ2n) is 3.87. The van der Waals surface area contributed by atoms with E-state index < -0.39 is 10.0 Å². The molecular formula is C10H12N4O3S3. The molecule has 0 aromatic carbocycles. The number of aryl methyl sites for hydroxylation is 1. The van der Waals surface area contributed by atoms with Gasteiger partial charge in [-0.3, -0.25) is 0 Å². The molecule has 0 radical (unpaired) electrons. The maximum absolute atomic E-state index is 12.0. The Labute approximate surface area is 125 Å². The van der Waals surface area contributed by atoms with Gasteiger partial charge in [-0.1, -0.05) is 17.4 Å². The molecule has 0 amide bonds. The molecule has 7 nitrogen and oxygen atoms in total. The Morgan fingerprint density at radius 1 is 1.55 bits per heavy atom. The SMILES string of the molecule is Cc1noc(CCNS(=O)(=O)c2ccc(C(N)=S)s2)n1. The lowest BCUT2D eigenvalue weighted by molar-refractivity contribution is 0.375. The van der Waals surface area contributed by atoms with Gasteiger partial charge in [0.15, 0.2) is 5.82 Å². The Bertz CT molecular complexity index is 720. The van der Waals surface area contributed by atoms with Crippen molar-refractivity contribution in [2.24, 2.45) is 5.73 Å². The summed E-state index contributed by atoms with van der Waals surface area (Å²) >= 11 is 5.83. The number of sulfonamides is 1. The van der Waals surface area contributed by atoms with E-state index in [0.717, 1.165) is 11.3 Å². The number of rotatable bonds is 6. The van der Waals surface area contributed by atoms with Gasteiger partial charge in [0, 0.05) is 13.0 Å². The van der Waals surface area contributed by atoms with Crippen molar-refractivity contribution in [1.29, 1.82) is 0 Å². The van der Waals surface area contributed by atoms with E-state index in [0.29, 0.717) is 23.0 Å². The fraction of sp³-hybridized carbons (Fsp3) is 0.300. The van der Waals surface area contributed by atoms with Gasteiger partial charge in [0.05, 0.1) is 4.88 Å². The van der Waals surface area contributed by atoms with Crippen LogP contribution in [0.25, 0.3) is 0 Å². The van der Waals surface area contributed by atoms with Crippen molar-refractivity contribution < 1.29 is 12.9 Å². The Hall–Kier alpha value is -1.36. The zero-order valence-corrected chi connectivity index (χ0v) is 12.9. The van der Waals surface area contributed by atoms with Gasteiger partial charge < -0.3 is 10.3 Å². The Morgan fingerprint density at radius 3 is 2.85 bits per heavy atom. The monoisotopic (exact) mass is 332 g/mol. The van der Waals surface area contributed by atoms with Crippen molar-refractivity contribution in [3.05, 3.63) is 28.7 Å². The molecule has 0 aliphatic heterocycles. The number of aromatic nitrogens is 2. The lowest BCUT2D eigenvalue weighted by Crippen LogP contribution is -2.25. The summed E-state index contributed by atoms with van der Waals surface area (Å²) in [5, 5.41) is 3.62. The molecule has 2 rings (SSSR count). The van der Waals surface area contributed by atoms with Crippen LogP contribution in [0.5, 0.6) is 0 Å². The number of thiocarbonyl (C=S) groups is 1. The van der Waals surface area contributed by atoms with E-state index in [2.05, 4.69) is 14.9 Å². The van der Waals surface area contributed by atoms with Crippen LogP contribution in [0.15, 0.2) is 20.9 Å². The van der Waals surface area contributed by atoms with E-state index in [9.17, 15) is 8.42 Å². The molecule has 0 saturated carbocycles. The molecule has 0 spiro atoms. The zero-order valence-electron chi connectivity index (χ0n) is 10.5. The first-order valence-corrected chi connectivity index (χ1v) is 8.28. The van der Waals surface area contributed by atoms with Crippen molar-refractivity contribution in [3.8, 4) is 0 Å². The van der Waals surface area contributed by atoms with Crippen molar-refractivity contribution >= 4 is 38.6 Å². The van der Waals surface area contributed by atoms with Gasteiger partial charge in [-0.25, -0.2) is 13.1 Å². The summed E-state index contributed by atoms with van der Waals surface area (Å²) < 4.78 is 31.5. The summed E-state index contributed by atoms with van der Waals surface area (Å²) in [7, 11) is -3.57. The predicted octanol–water partition coefficient (Wildman–Crippen LogP) is 0.595. The maximum atomic E-state index is 12.0. The highest BCUT2D eigenvalue weighted by atomic mass is 32.2. The van der Waals surface area contributed by atoms with Gasteiger partial charge >= 0.3 is 0 Å². The topological polar surface area (TPSA) is 111 Å². The predicted molar refractivity (Wildman–Crippen MR) is 78.1 cm³/mol. The minimum atomic E-state index is -3.57. The molecule has 2 heterocycles. The first kappa shape index (κ1) is 15.0. The number of hydrogen-bond acceptors (Lipinski definition) is 7. The number of nitrogens with one attached hydrogen (secondary N) is 1. The summed E-state index contributed by atoms with van der Waals surface area (Å²) in [4.78, 5) is 4.73. The molecule has 0 saturated heterocycles. The van der Waals surface area contributed by atoms with E-state index in [1.807, 2.05) is 0 Å². The molecule has 2 aromatic heterocycles. The Kier molecular flexibility index (Phi) is 4.48. The first-order valence-electron chi connectivity index (χ1n) is 5.57. The highest BCUT2D eigenvalue weighted by Gasteiger charge is 2.17. The number of nitrogens with two attached hydrogens (primary N) is 1. The summed E-state index contributed by atoms with van der Waals surface area (Å²) in [6.07, 6.45) is 0.327. The summed E-state index contributed by atoms with van der Waals surface area (Å²) in [5.74, 6) is 0.905. The summed E-state index contributed by atoms with van der Waals surface area (Å²) in [6.45, 7) is 1.87. The van der Waals surface area contributed by atoms with Gasteiger partial charge in [-0.2, -0.15) is 4.98 Å². The van der Waals surface area contributed by atoms with Crippen LogP contribution in [-0.4, -0.2) is 30.1 Å². The standard InChI is InChI=1S/C10H12N4O3S3/c1-6-13-8(17-14-6)4-5-12-20(15,16)9-3-2-7(19-9)10(11)18/h2-3,12H,4-5H2,1H3,(H2,11,18). The Balaban J connectivity index is 1.98. The quantitative estimate of drug-likeness (QED) is 0.745. The third kappa shape index (κ3) is 3.60. The van der Waals surface area contributed by atoms with Crippen LogP contribution >= 0.6 is 23.6 Å². The highest BCUT2D eigenvalue weighted by molar-refractivity contribution is 7.91. The number of nitrogens with zero attached hydrogens (tertiary/aromatic N) is 2. The van der Waals surface area contributed by atoms with Gasteiger partial charge in [0.2, 0.25) is 15.9 Å². The largest absolute Gasteiger partial charge is 0.389 e. The molecule has 3 N–H and O–H groups in total.